The van der Waals surface area contributed by atoms with Crippen LogP contribution in [0.1, 0.15) is 11.1 Å². The molecule has 2 aromatic carbocycles. The summed E-state index contributed by atoms with van der Waals surface area (Å²) in [6.45, 7) is 0.564. The SMILES string of the molecule is N#Cc1cccc(NC(=O)COC(=O)Cc2ccc3c(c2)OCCO3)c1. The van der Waals surface area contributed by atoms with Crippen molar-refractivity contribution in [2.45, 2.75) is 6.42 Å². The second-order valence-electron chi connectivity index (χ2n) is 5.56. The van der Waals surface area contributed by atoms with Gasteiger partial charge in [-0.05, 0) is 35.9 Å². The fourth-order valence-electron chi connectivity index (χ4n) is 2.43. The van der Waals surface area contributed by atoms with Crippen LogP contribution in [0, 0.1) is 11.3 Å². The first-order chi connectivity index (χ1) is 12.6. The van der Waals surface area contributed by atoms with Gasteiger partial charge in [0.1, 0.15) is 13.2 Å². The molecule has 0 aromatic heterocycles. The first-order valence-electron chi connectivity index (χ1n) is 7.98. The van der Waals surface area contributed by atoms with Crippen molar-refractivity contribution < 1.29 is 23.8 Å². The number of benzene rings is 2. The Hall–Kier alpha value is -3.53. The summed E-state index contributed by atoms with van der Waals surface area (Å²) in [7, 11) is 0. The number of nitrogens with one attached hydrogen (secondary N) is 1. The van der Waals surface area contributed by atoms with Crippen molar-refractivity contribution in [3.8, 4) is 17.6 Å². The van der Waals surface area contributed by atoms with Gasteiger partial charge in [-0.3, -0.25) is 9.59 Å². The topological polar surface area (TPSA) is 97.7 Å². The fraction of sp³-hybridized carbons (Fsp3) is 0.211. The predicted molar refractivity (Wildman–Crippen MR) is 91.9 cm³/mol. The maximum Gasteiger partial charge on any atom is 0.310 e. The highest BCUT2D eigenvalue weighted by Gasteiger charge is 2.14. The molecule has 0 radical (unpaired) electrons. The Morgan fingerprint density at radius 2 is 1.92 bits per heavy atom. The van der Waals surface area contributed by atoms with E-state index in [2.05, 4.69) is 5.32 Å². The molecule has 0 fully saturated rings. The van der Waals surface area contributed by atoms with Gasteiger partial charge in [0.25, 0.3) is 5.91 Å². The number of fused-ring (bicyclic) bond motifs is 1. The van der Waals surface area contributed by atoms with E-state index < -0.39 is 18.5 Å². The molecule has 0 bridgehead atoms. The van der Waals surface area contributed by atoms with Crippen LogP contribution in [0.5, 0.6) is 11.5 Å². The minimum atomic E-state index is -0.525. The largest absolute Gasteiger partial charge is 0.486 e. The molecule has 1 aliphatic rings. The number of ether oxygens (including phenoxy) is 3. The zero-order chi connectivity index (χ0) is 18.4. The normalized spacial score (nSPS) is 12.0. The second kappa shape index (κ2) is 8.03. The summed E-state index contributed by atoms with van der Waals surface area (Å²) in [4.78, 5) is 23.8. The van der Waals surface area contributed by atoms with Crippen LogP contribution in [0.3, 0.4) is 0 Å². The minimum absolute atomic E-state index is 0.0217. The number of anilines is 1. The first kappa shape index (κ1) is 17.3. The molecule has 1 heterocycles. The van der Waals surface area contributed by atoms with Crippen LogP contribution < -0.4 is 14.8 Å². The number of esters is 1. The molecule has 1 N–H and O–H groups in total. The Bertz CT molecular complexity index is 872. The number of hydrogen-bond acceptors (Lipinski definition) is 6. The van der Waals surface area contributed by atoms with E-state index in [1.165, 1.54) is 6.07 Å². The van der Waals surface area contributed by atoms with Crippen molar-refractivity contribution in [3.63, 3.8) is 0 Å². The van der Waals surface area contributed by atoms with Gasteiger partial charge >= 0.3 is 5.97 Å². The molecule has 1 amide bonds. The lowest BCUT2D eigenvalue weighted by Gasteiger charge is -2.18. The average Bonchev–Trinajstić information content (AvgIpc) is 2.66. The Morgan fingerprint density at radius 3 is 2.73 bits per heavy atom. The van der Waals surface area contributed by atoms with E-state index in [-0.39, 0.29) is 6.42 Å². The van der Waals surface area contributed by atoms with Crippen LogP contribution >= 0.6 is 0 Å². The van der Waals surface area contributed by atoms with Gasteiger partial charge in [-0.2, -0.15) is 5.26 Å². The van der Waals surface area contributed by atoms with Crippen molar-refractivity contribution in [2.75, 3.05) is 25.1 Å². The summed E-state index contributed by atoms with van der Waals surface area (Å²) in [6.07, 6.45) is 0.0217. The number of amides is 1. The second-order valence-corrected chi connectivity index (χ2v) is 5.56. The average molecular weight is 352 g/mol. The van der Waals surface area contributed by atoms with Gasteiger partial charge in [0.15, 0.2) is 18.1 Å². The molecule has 0 atom stereocenters. The third kappa shape index (κ3) is 4.51. The van der Waals surface area contributed by atoms with Crippen molar-refractivity contribution in [1.29, 1.82) is 5.26 Å². The van der Waals surface area contributed by atoms with E-state index in [0.717, 1.165) is 0 Å². The molecule has 0 saturated heterocycles. The van der Waals surface area contributed by atoms with Gasteiger partial charge in [-0.1, -0.05) is 12.1 Å². The van der Waals surface area contributed by atoms with Gasteiger partial charge < -0.3 is 19.5 Å². The van der Waals surface area contributed by atoms with E-state index in [1.54, 1.807) is 36.4 Å². The number of rotatable bonds is 5. The number of nitrogens with zero attached hydrogens (tertiary/aromatic N) is 1. The number of carbonyl (C=O) groups excluding carboxylic acids is 2. The Morgan fingerprint density at radius 1 is 1.12 bits per heavy atom. The quantitative estimate of drug-likeness (QED) is 0.827. The lowest BCUT2D eigenvalue weighted by Crippen LogP contribution is -2.21. The summed E-state index contributed by atoms with van der Waals surface area (Å²) in [6, 6.07) is 13.7. The van der Waals surface area contributed by atoms with Gasteiger partial charge in [0.2, 0.25) is 0 Å². The molecule has 2 aromatic rings. The zero-order valence-electron chi connectivity index (χ0n) is 13.9. The Kier molecular flexibility index (Phi) is 5.34. The van der Waals surface area contributed by atoms with E-state index in [4.69, 9.17) is 19.5 Å². The molecule has 0 saturated carbocycles. The molecule has 7 heteroatoms. The molecule has 7 nitrogen and oxygen atoms in total. The molecule has 0 spiro atoms. The van der Waals surface area contributed by atoms with Crippen molar-refractivity contribution >= 4 is 17.6 Å². The summed E-state index contributed by atoms with van der Waals surface area (Å²) in [5, 5.41) is 11.4. The van der Waals surface area contributed by atoms with Crippen molar-refractivity contribution in [3.05, 3.63) is 53.6 Å². The van der Waals surface area contributed by atoms with Crippen LogP contribution in [-0.4, -0.2) is 31.7 Å². The van der Waals surface area contributed by atoms with Gasteiger partial charge in [-0.15, -0.1) is 0 Å². The summed E-state index contributed by atoms with van der Waals surface area (Å²) in [5.41, 5.74) is 1.61. The predicted octanol–water partition coefficient (Wildman–Crippen LogP) is 2.05. The molecule has 0 aliphatic carbocycles. The lowest BCUT2D eigenvalue weighted by atomic mass is 10.1. The van der Waals surface area contributed by atoms with Gasteiger partial charge in [-0.25, -0.2) is 0 Å². The van der Waals surface area contributed by atoms with Crippen LogP contribution in [-0.2, 0) is 20.7 Å². The Labute approximate surface area is 150 Å². The minimum Gasteiger partial charge on any atom is -0.486 e. The van der Waals surface area contributed by atoms with Crippen LogP contribution in [0.4, 0.5) is 5.69 Å². The fourth-order valence-corrected chi connectivity index (χ4v) is 2.43. The maximum absolute atomic E-state index is 11.9. The summed E-state index contributed by atoms with van der Waals surface area (Å²) in [5.74, 6) is 0.238. The van der Waals surface area contributed by atoms with Crippen LogP contribution in [0.2, 0.25) is 0 Å². The van der Waals surface area contributed by atoms with E-state index in [1.807, 2.05) is 6.07 Å². The molecule has 1 aliphatic heterocycles. The molecular formula is C19H16N2O5. The zero-order valence-corrected chi connectivity index (χ0v) is 13.9. The van der Waals surface area contributed by atoms with Crippen molar-refractivity contribution in [2.24, 2.45) is 0 Å². The smallest absolute Gasteiger partial charge is 0.310 e. The molecular weight excluding hydrogens is 336 g/mol. The molecule has 132 valence electrons. The first-order valence-corrected chi connectivity index (χ1v) is 7.98. The van der Waals surface area contributed by atoms with E-state index in [9.17, 15) is 9.59 Å². The summed E-state index contributed by atoms with van der Waals surface area (Å²) < 4.78 is 15.9. The molecule has 3 rings (SSSR count). The Balaban J connectivity index is 1.49. The van der Waals surface area contributed by atoms with E-state index in [0.29, 0.717) is 41.5 Å². The van der Waals surface area contributed by atoms with Crippen LogP contribution in [0.15, 0.2) is 42.5 Å². The highest BCUT2D eigenvalue weighted by molar-refractivity contribution is 5.93. The summed E-state index contributed by atoms with van der Waals surface area (Å²) >= 11 is 0. The third-order valence-corrected chi connectivity index (χ3v) is 3.59. The molecule has 0 unspecified atom stereocenters. The third-order valence-electron chi connectivity index (χ3n) is 3.59. The van der Waals surface area contributed by atoms with Gasteiger partial charge in [0, 0.05) is 5.69 Å². The number of nitriles is 1. The highest BCUT2D eigenvalue weighted by atomic mass is 16.6. The molecule has 26 heavy (non-hydrogen) atoms. The number of carbonyl (C=O) groups is 2. The standard InChI is InChI=1S/C19H16N2O5/c20-11-14-2-1-3-15(8-14)21-18(22)12-26-19(23)10-13-4-5-16-17(9-13)25-7-6-24-16/h1-5,8-9H,6-7,10,12H2,(H,21,22). The van der Waals surface area contributed by atoms with Crippen molar-refractivity contribution in [1.82, 2.24) is 0 Å². The number of hydrogen-bond donors (Lipinski definition) is 1. The monoisotopic (exact) mass is 352 g/mol. The van der Waals surface area contributed by atoms with E-state index >= 15 is 0 Å². The highest BCUT2D eigenvalue weighted by Crippen LogP contribution is 2.30. The van der Waals surface area contributed by atoms with Crippen LogP contribution in [0.25, 0.3) is 0 Å². The maximum atomic E-state index is 11.9. The lowest BCUT2D eigenvalue weighted by molar-refractivity contribution is -0.146. The van der Waals surface area contributed by atoms with Gasteiger partial charge in [0.05, 0.1) is 18.1 Å².